The van der Waals surface area contributed by atoms with Crippen molar-refractivity contribution in [3.05, 3.63) is 53.1 Å². The molecule has 0 aromatic heterocycles. The molecule has 0 aliphatic rings. The molecule has 2 heteroatoms. The van der Waals surface area contributed by atoms with Gasteiger partial charge in [0.15, 0.2) is 0 Å². The van der Waals surface area contributed by atoms with Crippen molar-refractivity contribution >= 4 is 5.69 Å². The van der Waals surface area contributed by atoms with Gasteiger partial charge >= 0.3 is 0 Å². The van der Waals surface area contributed by atoms with Crippen molar-refractivity contribution in [1.29, 1.82) is 0 Å². The van der Waals surface area contributed by atoms with Gasteiger partial charge in [0.1, 0.15) is 11.5 Å². The first kappa shape index (κ1) is 11.5. The minimum atomic E-state index is 0.672. The molecule has 0 spiro atoms. The van der Waals surface area contributed by atoms with Gasteiger partial charge in [-0.2, -0.15) is 0 Å². The summed E-state index contributed by atoms with van der Waals surface area (Å²) >= 11 is 0. The second-order valence-electron chi connectivity index (χ2n) is 4.34. The van der Waals surface area contributed by atoms with Crippen molar-refractivity contribution in [2.75, 3.05) is 5.73 Å². The predicted octanol–water partition coefficient (Wildman–Crippen LogP) is 3.99. The molecule has 88 valence electrons. The van der Waals surface area contributed by atoms with Crippen LogP contribution in [0.2, 0.25) is 0 Å². The number of nitrogen functional groups attached to an aromatic ring is 1. The highest BCUT2D eigenvalue weighted by Gasteiger charge is 2.05. The van der Waals surface area contributed by atoms with Crippen LogP contribution in [0.1, 0.15) is 16.7 Å². The normalized spacial score (nSPS) is 10.3. The third-order valence-corrected chi connectivity index (χ3v) is 2.94. The van der Waals surface area contributed by atoms with Gasteiger partial charge in [-0.1, -0.05) is 18.2 Å². The van der Waals surface area contributed by atoms with E-state index in [1.54, 1.807) is 0 Å². The lowest BCUT2D eigenvalue weighted by Crippen LogP contribution is -1.94. The molecule has 0 aliphatic carbocycles. The van der Waals surface area contributed by atoms with Gasteiger partial charge in [0.05, 0.1) is 5.69 Å². The summed E-state index contributed by atoms with van der Waals surface area (Å²) in [6, 6.07) is 11.8. The Labute approximate surface area is 102 Å². The van der Waals surface area contributed by atoms with Crippen LogP contribution in [0.25, 0.3) is 0 Å². The molecule has 0 bridgehead atoms. The van der Waals surface area contributed by atoms with Crippen molar-refractivity contribution in [3.8, 4) is 11.5 Å². The van der Waals surface area contributed by atoms with Crippen molar-refractivity contribution in [3.63, 3.8) is 0 Å². The topological polar surface area (TPSA) is 35.2 Å². The van der Waals surface area contributed by atoms with Crippen LogP contribution in [0, 0.1) is 20.8 Å². The molecule has 0 saturated heterocycles. The van der Waals surface area contributed by atoms with E-state index < -0.39 is 0 Å². The number of hydrogen-bond acceptors (Lipinski definition) is 2. The molecule has 2 aromatic carbocycles. The quantitative estimate of drug-likeness (QED) is 0.787. The van der Waals surface area contributed by atoms with Crippen LogP contribution >= 0.6 is 0 Å². The molecule has 2 nitrogen and oxygen atoms in total. The van der Waals surface area contributed by atoms with Crippen LogP contribution in [-0.2, 0) is 0 Å². The monoisotopic (exact) mass is 227 g/mol. The molecule has 0 unspecified atom stereocenters. The highest BCUT2D eigenvalue weighted by atomic mass is 16.5. The molecule has 0 fully saturated rings. The molecular weight excluding hydrogens is 210 g/mol. The van der Waals surface area contributed by atoms with Crippen LogP contribution in [0.5, 0.6) is 11.5 Å². The van der Waals surface area contributed by atoms with E-state index in [1.807, 2.05) is 37.3 Å². The van der Waals surface area contributed by atoms with Gasteiger partial charge in [0, 0.05) is 0 Å². The maximum Gasteiger partial charge on any atom is 0.150 e. The average Bonchev–Trinajstić information content (AvgIpc) is 2.28. The van der Waals surface area contributed by atoms with Gasteiger partial charge in [0.2, 0.25) is 0 Å². The van der Waals surface area contributed by atoms with Gasteiger partial charge < -0.3 is 10.5 Å². The first-order valence-electron chi connectivity index (χ1n) is 5.68. The largest absolute Gasteiger partial charge is 0.455 e. The smallest absolute Gasteiger partial charge is 0.150 e. The number of rotatable bonds is 2. The van der Waals surface area contributed by atoms with E-state index in [9.17, 15) is 0 Å². The lowest BCUT2D eigenvalue weighted by Gasteiger charge is -2.12. The van der Waals surface area contributed by atoms with Gasteiger partial charge in [-0.3, -0.25) is 0 Å². The summed E-state index contributed by atoms with van der Waals surface area (Å²) < 4.78 is 5.85. The van der Waals surface area contributed by atoms with E-state index in [0.29, 0.717) is 11.4 Å². The van der Waals surface area contributed by atoms with Gasteiger partial charge in [0.25, 0.3) is 0 Å². The zero-order chi connectivity index (χ0) is 12.4. The molecule has 2 N–H and O–H groups in total. The van der Waals surface area contributed by atoms with E-state index in [-0.39, 0.29) is 0 Å². The molecule has 0 saturated carbocycles. The lowest BCUT2D eigenvalue weighted by atomic mass is 10.1. The summed E-state index contributed by atoms with van der Waals surface area (Å²) in [5.74, 6) is 1.57. The first-order chi connectivity index (χ1) is 8.08. The maximum atomic E-state index is 5.93. The van der Waals surface area contributed by atoms with Crippen molar-refractivity contribution in [2.24, 2.45) is 0 Å². The lowest BCUT2D eigenvalue weighted by molar-refractivity contribution is 0.480. The third-order valence-electron chi connectivity index (χ3n) is 2.94. The van der Waals surface area contributed by atoms with Crippen LogP contribution in [0.3, 0.4) is 0 Å². The summed E-state index contributed by atoms with van der Waals surface area (Å²) in [5.41, 5.74) is 10.1. The van der Waals surface area contributed by atoms with Gasteiger partial charge in [-0.25, -0.2) is 0 Å². The number of ether oxygens (including phenoxy) is 1. The summed E-state index contributed by atoms with van der Waals surface area (Å²) in [4.78, 5) is 0. The van der Waals surface area contributed by atoms with E-state index in [4.69, 9.17) is 10.5 Å². The number of aryl methyl sites for hydroxylation is 2. The Morgan fingerprint density at radius 2 is 1.71 bits per heavy atom. The van der Waals surface area contributed by atoms with Crippen LogP contribution < -0.4 is 10.5 Å². The highest BCUT2D eigenvalue weighted by molar-refractivity contribution is 5.56. The molecule has 2 aromatic rings. The molecule has 0 radical (unpaired) electrons. The van der Waals surface area contributed by atoms with Crippen molar-refractivity contribution in [1.82, 2.24) is 0 Å². The maximum absolute atomic E-state index is 5.93. The second-order valence-corrected chi connectivity index (χ2v) is 4.34. The molecule has 0 heterocycles. The molecule has 0 amide bonds. The predicted molar refractivity (Wildman–Crippen MR) is 71.6 cm³/mol. The Balaban J connectivity index is 2.35. The fraction of sp³-hybridized carbons (Fsp3) is 0.200. The fourth-order valence-electron chi connectivity index (χ4n) is 1.71. The number of hydrogen-bond donors (Lipinski definition) is 1. The van der Waals surface area contributed by atoms with Crippen molar-refractivity contribution in [2.45, 2.75) is 20.8 Å². The number of anilines is 1. The third kappa shape index (κ3) is 2.41. The second kappa shape index (κ2) is 4.50. The Bertz CT molecular complexity index is 547. The Morgan fingerprint density at radius 3 is 2.41 bits per heavy atom. The van der Waals surface area contributed by atoms with Gasteiger partial charge in [-0.15, -0.1) is 0 Å². The average molecular weight is 227 g/mol. The molecule has 17 heavy (non-hydrogen) atoms. The highest BCUT2D eigenvalue weighted by Crippen LogP contribution is 2.31. The molecular formula is C15H17NO. The van der Waals surface area contributed by atoms with E-state index in [0.717, 1.165) is 16.9 Å². The van der Waals surface area contributed by atoms with Crippen molar-refractivity contribution < 1.29 is 4.74 Å². The molecule has 2 rings (SSSR count). The van der Waals surface area contributed by atoms with E-state index in [1.165, 1.54) is 5.56 Å². The molecule has 0 atom stereocenters. The summed E-state index contributed by atoms with van der Waals surface area (Å²) in [7, 11) is 0. The summed E-state index contributed by atoms with van der Waals surface area (Å²) in [5, 5.41) is 0. The summed E-state index contributed by atoms with van der Waals surface area (Å²) in [6.45, 7) is 6.13. The SMILES string of the molecule is Cc1ccc(Oc2cccc(C)c2C)c(N)c1. The minimum Gasteiger partial charge on any atom is -0.455 e. The van der Waals surface area contributed by atoms with Crippen LogP contribution in [0.15, 0.2) is 36.4 Å². The first-order valence-corrected chi connectivity index (χ1v) is 5.68. The fourth-order valence-corrected chi connectivity index (χ4v) is 1.71. The van der Waals surface area contributed by atoms with E-state index >= 15 is 0 Å². The molecule has 0 aliphatic heterocycles. The zero-order valence-corrected chi connectivity index (χ0v) is 10.4. The summed E-state index contributed by atoms with van der Waals surface area (Å²) in [6.07, 6.45) is 0. The van der Waals surface area contributed by atoms with Crippen LogP contribution in [0.4, 0.5) is 5.69 Å². The Hall–Kier alpha value is -1.96. The standard InChI is InChI=1S/C15H17NO/c1-10-7-8-15(13(16)9-10)17-14-6-4-5-11(2)12(14)3/h4-9H,16H2,1-3H3. The minimum absolute atomic E-state index is 0.672. The Kier molecular flexibility index (Phi) is 3.05. The number of nitrogens with two attached hydrogens (primary N) is 1. The van der Waals surface area contributed by atoms with Crippen LogP contribution in [-0.4, -0.2) is 0 Å². The zero-order valence-electron chi connectivity index (χ0n) is 10.4. The van der Waals surface area contributed by atoms with Gasteiger partial charge in [-0.05, 0) is 55.7 Å². The Morgan fingerprint density at radius 1 is 0.941 bits per heavy atom. The van der Waals surface area contributed by atoms with E-state index in [2.05, 4.69) is 19.9 Å². The number of benzene rings is 2.